The Labute approximate surface area is 125 Å². The number of carbonyl (C=O) groups is 1. The minimum absolute atomic E-state index is 0.134. The van der Waals surface area contributed by atoms with Gasteiger partial charge >= 0.3 is 5.97 Å². The summed E-state index contributed by atoms with van der Waals surface area (Å²) in [4.78, 5) is 15.9. The van der Waals surface area contributed by atoms with Crippen LogP contribution >= 0.6 is 0 Å². The summed E-state index contributed by atoms with van der Waals surface area (Å²) in [6.07, 6.45) is 2.44. The van der Waals surface area contributed by atoms with Gasteiger partial charge in [-0.15, -0.1) is 0 Å². The molecule has 110 valence electrons. The molecule has 0 saturated carbocycles. The summed E-state index contributed by atoms with van der Waals surface area (Å²) >= 11 is 0. The number of rotatable bonds is 4. The average Bonchev–Trinajstić information content (AvgIpc) is 3.03. The average molecular weight is 297 g/mol. The van der Waals surface area contributed by atoms with Gasteiger partial charge in [-0.2, -0.15) is 9.71 Å². The van der Waals surface area contributed by atoms with Crippen molar-refractivity contribution in [3.63, 3.8) is 0 Å². The lowest BCUT2D eigenvalue weighted by Crippen LogP contribution is -2.24. The molecule has 0 bridgehead atoms. The van der Waals surface area contributed by atoms with E-state index in [1.165, 1.54) is 24.5 Å². The van der Waals surface area contributed by atoms with E-state index in [2.05, 4.69) is 10.1 Å². The van der Waals surface area contributed by atoms with E-state index >= 15 is 0 Å². The Morgan fingerprint density at radius 2 is 1.91 bits per heavy atom. The molecule has 0 unspecified atom stereocenters. The second-order valence-corrected chi connectivity index (χ2v) is 4.40. The van der Waals surface area contributed by atoms with Gasteiger partial charge in [-0.05, 0) is 0 Å². The maximum Gasteiger partial charge on any atom is 0.339 e. The molecule has 0 spiro atoms. The van der Waals surface area contributed by atoms with Crippen molar-refractivity contribution in [2.24, 2.45) is 0 Å². The lowest BCUT2D eigenvalue weighted by atomic mass is 10.2. The molecule has 7 heteroatoms. The van der Waals surface area contributed by atoms with Crippen molar-refractivity contribution >= 4 is 5.97 Å². The van der Waals surface area contributed by atoms with Gasteiger partial charge in [0.15, 0.2) is 19.0 Å². The predicted molar refractivity (Wildman–Crippen MR) is 74.3 cm³/mol. The van der Waals surface area contributed by atoms with E-state index in [1.807, 2.05) is 30.3 Å². The Morgan fingerprint density at radius 1 is 1.18 bits per heavy atom. The second-order valence-electron chi connectivity index (χ2n) is 4.40. The molecule has 3 rings (SSSR count). The Bertz CT molecular complexity index is 769. The Hall–Kier alpha value is -3.22. The standard InChI is InChI=1S/C15H11N3O4/c19-15(12-6-8-18(20)9-7-12)21-10-13-16-14(17-22-13)11-4-2-1-3-5-11/h1-9H,10H2. The normalized spacial score (nSPS) is 10.4. The lowest BCUT2D eigenvalue weighted by molar-refractivity contribution is -0.605. The largest absolute Gasteiger partial charge is 0.619 e. The highest BCUT2D eigenvalue weighted by molar-refractivity contribution is 5.88. The van der Waals surface area contributed by atoms with Crippen molar-refractivity contribution in [1.29, 1.82) is 0 Å². The highest BCUT2D eigenvalue weighted by Gasteiger charge is 2.13. The van der Waals surface area contributed by atoms with Crippen molar-refractivity contribution in [3.05, 3.63) is 71.5 Å². The summed E-state index contributed by atoms with van der Waals surface area (Å²) < 4.78 is 10.7. The summed E-state index contributed by atoms with van der Waals surface area (Å²) in [5.74, 6) is 0.0563. The van der Waals surface area contributed by atoms with E-state index < -0.39 is 5.97 Å². The molecule has 2 heterocycles. The molecule has 0 N–H and O–H groups in total. The van der Waals surface area contributed by atoms with Crippen LogP contribution in [0.25, 0.3) is 11.4 Å². The molecule has 0 aliphatic carbocycles. The first-order valence-corrected chi connectivity index (χ1v) is 6.46. The summed E-state index contributed by atoms with van der Waals surface area (Å²) in [6, 6.07) is 12.1. The van der Waals surface area contributed by atoms with Gasteiger partial charge in [0.05, 0.1) is 5.56 Å². The molecule has 0 radical (unpaired) electrons. The first-order chi connectivity index (χ1) is 10.7. The van der Waals surface area contributed by atoms with Crippen molar-refractivity contribution in [2.45, 2.75) is 6.61 Å². The molecule has 0 saturated heterocycles. The van der Waals surface area contributed by atoms with Crippen LogP contribution in [0.3, 0.4) is 0 Å². The van der Waals surface area contributed by atoms with E-state index in [1.54, 1.807) is 0 Å². The molecule has 2 aromatic heterocycles. The fraction of sp³-hybridized carbons (Fsp3) is 0.0667. The predicted octanol–water partition coefficient (Wildman–Crippen LogP) is 1.73. The van der Waals surface area contributed by atoms with Gasteiger partial charge in [-0.3, -0.25) is 0 Å². The quantitative estimate of drug-likeness (QED) is 0.413. The summed E-state index contributed by atoms with van der Waals surface area (Å²) in [5, 5.41) is 14.7. The number of aromatic nitrogens is 3. The first kappa shape index (κ1) is 13.7. The lowest BCUT2D eigenvalue weighted by Gasteiger charge is -2.01. The van der Waals surface area contributed by atoms with Crippen LogP contribution in [0.1, 0.15) is 16.2 Å². The topological polar surface area (TPSA) is 92.2 Å². The summed E-state index contributed by atoms with van der Waals surface area (Å²) in [7, 11) is 0. The van der Waals surface area contributed by atoms with Gasteiger partial charge in [0.2, 0.25) is 5.82 Å². The van der Waals surface area contributed by atoms with Crippen LogP contribution in [0.4, 0.5) is 0 Å². The summed E-state index contributed by atoms with van der Waals surface area (Å²) in [5.41, 5.74) is 1.08. The van der Waals surface area contributed by atoms with Gasteiger partial charge in [-0.25, -0.2) is 4.79 Å². The summed E-state index contributed by atoms with van der Waals surface area (Å²) in [6.45, 7) is -0.134. The number of benzene rings is 1. The molecule has 0 amide bonds. The number of hydrogen-bond acceptors (Lipinski definition) is 6. The Kier molecular flexibility index (Phi) is 3.78. The monoisotopic (exact) mass is 297 g/mol. The van der Waals surface area contributed by atoms with Crippen LogP contribution in [0, 0.1) is 5.21 Å². The highest BCUT2D eigenvalue weighted by Crippen LogP contribution is 2.15. The zero-order valence-electron chi connectivity index (χ0n) is 11.4. The molecular formula is C15H11N3O4. The Balaban J connectivity index is 1.64. The van der Waals surface area contributed by atoms with Crippen LogP contribution in [0.15, 0.2) is 59.4 Å². The van der Waals surface area contributed by atoms with E-state index in [4.69, 9.17) is 9.26 Å². The molecule has 0 fully saturated rings. The highest BCUT2D eigenvalue weighted by atomic mass is 16.6. The number of carbonyl (C=O) groups excluding carboxylic acids is 1. The maximum atomic E-state index is 11.8. The van der Waals surface area contributed by atoms with E-state index in [9.17, 15) is 10.0 Å². The third-order valence-corrected chi connectivity index (χ3v) is 2.86. The molecule has 0 aliphatic rings. The number of esters is 1. The minimum atomic E-state index is -0.569. The number of nitrogens with zero attached hydrogens (tertiary/aromatic N) is 3. The van der Waals surface area contributed by atoms with Crippen molar-refractivity contribution in [3.8, 4) is 11.4 Å². The number of ether oxygens (including phenoxy) is 1. The fourth-order valence-corrected chi connectivity index (χ4v) is 1.78. The third kappa shape index (κ3) is 3.09. The molecule has 3 aromatic rings. The van der Waals surface area contributed by atoms with Crippen molar-refractivity contribution in [2.75, 3.05) is 0 Å². The smallest absolute Gasteiger partial charge is 0.339 e. The van der Waals surface area contributed by atoms with Gasteiger partial charge < -0.3 is 14.5 Å². The van der Waals surface area contributed by atoms with Gasteiger partial charge in [-0.1, -0.05) is 35.5 Å². The Morgan fingerprint density at radius 3 is 2.64 bits per heavy atom. The van der Waals surface area contributed by atoms with Crippen LogP contribution in [0.5, 0.6) is 0 Å². The van der Waals surface area contributed by atoms with Crippen LogP contribution < -0.4 is 4.73 Å². The number of hydrogen-bond donors (Lipinski definition) is 0. The van der Waals surface area contributed by atoms with E-state index in [0.717, 1.165) is 5.56 Å². The molecule has 7 nitrogen and oxygen atoms in total. The maximum absolute atomic E-state index is 11.8. The minimum Gasteiger partial charge on any atom is -0.619 e. The van der Waals surface area contributed by atoms with Crippen LogP contribution in [-0.4, -0.2) is 16.1 Å². The molecule has 0 atom stereocenters. The van der Waals surface area contributed by atoms with E-state index in [-0.39, 0.29) is 18.1 Å². The van der Waals surface area contributed by atoms with Gasteiger partial charge in [0, 0.05) is 17.7 Å². The fourth-order valence-electron chi connectivity index (χ4n) is 1.78. The van der Waals surface area contributed by atoms with Crippen LogP contribution in [-0.2, 0) is 11.3 Å². The zero-order chi connectivity index (χ0) is 15.4. The zero-order valence-corrected chi connectivity index (χ0v) is 11.4. The SMILES string of the molecule is O=C(OCc1nc(-c2ccccc2)no1)c1cc[n+]([O-])cc1. The molecular weight excluding hydrogens is 286 g/mol. The van der Waals surface area contributed by atoms with Crippen LogP contribution in [0.2, 0.25) is 0 Å². The molecule has 1 aromatic carbocycles. The third-order valence-electron chi connectivity index (χ3n) is 2.86. The number of pyridine rings is 1. The van der Waals surface area contributed by atoms with Crippen molar-refractivity contribution in [1.82, 2.24) is 10.1 Å². The van der Waals surface area contributed by atoms with Gasteiger partial charge in [0.25, 0.3) is 5.89 Å². The van der Waals surface area contributed by atoms with Gasteiger partial charge in [0.1, 0.15) is 0 Å². The van der Waals surface area contributed by atoms with Crippen molar-refractivity contribution < 1.29 is 18.8 Å². The molecule has 0 aliphatic heterocycles. The van der Waals surface area contributed by atoms with E-state index in [0.29, 0.717) is 10.6 Å². The first-order valence-electron chi connectivity index (χ1n) is 6.46. The second kappa shape index (κ2) is 6.04. The molecule has 22 heavy (non-hydrogen) atoms.